The monoisotopic (exact) mass is 357 g/mol. The number of ketones is 1. The minimum atomic E-state index is -1.23. The summed E-state index contributed by atoms with van der Waals surface area (Å²) in [6.07, 6.45) is -0.399. The maximum atomic E-state index is 13.7. The van der Waals surface area contributed by atoms with Crippen LogP contribution in [0.1, 0.15) is 23.7 Å². The van der Waals surface area contributed by atoms with Crippen LogP contribution in [0.3, 0.4) is 0 Å². The minimum Gasteiger partial charge on any atom is -0.494 e. The van der Waals surface area contributed by atoms with Gasteiger partial charge in [0.2, 0.25) is 5.91 Å². The number of hydrogen-bond acceptors (Lipinski definition) is 6. The molecule has 1 rings (SSSR count). The topological polar surface area (TPSA) is 110 Å². The Kier molecular flexibility index (Phi) is 7.37. The average Bonchev–Trinajstić information content (AvgIpc) is 2.51. The van der Waals surface area contributed by atoms with E-state index in [9.17, 15) is 23.6 Å². The molecule has 0 aliphatic rings. The maximum Gasteiger partial charge on any atom is 0.322 e. The van der Waals surface area contributed by atoms with Crippen molar-refractivity contribution in [3.05, 3.63) is 29.6 Å². The lowest BCUT2D eigenvalue weighted by atomic mass is 10.1. The van der Waals surface area contributed by atoms with E-state index in [1.54, 1.807) is 0 Å². The number of aliphatic carboxylic acids is 1. The summed E-state index contributed by atoms with van der Waals surface area (Å²) in [5, 5.41) is 9.15. The van der Waals surface area contributed by atoms with Crippen LogP contribution in [0, 0.1) is 5.82 Å². The molecule has 0 saturated carbocycles. The fourth-order valence-corrected chi connectivity index (χ4v) is 2.69. The highest BCUT2D eigenvalue weighted by molar-refractivity contribution is 8.14. The molecule has 1 aromatic carbocycles. The third-order valence-electron chi connectivity index (χ3n) is 2.84. The van der Waals surface area contributed by atoms with E-state index in [-0.39, 0.29) is 11.3 Å². The quantitative estimate of drug-likeness (QED) is 0.674. The van der Waals surface area contributed by atoms with E-state index in [0.29, 0.717) is 11.8 Å². The number of hydrogen-bond donors (Lipinski definition) is 2. The molecule has 0 aromatic heterocycles. The number of ether oxygens (including phenoxy) is 1. The molecule has 0 spiro atoms. The number of benzene rings is 1. The first kappa shape index (κ1) is 19.6. The van der Waals surface area contributed by atoms with Gasteiger partial charge >= 0.3 is 5.97 Å². The lowest BCUT2D eigenvalue weighted by Crippen LogP contribution is -2.33. The van der Waals surface area contributed by atoms with Gasteiger partial charge in [-0.2, -0.15) is 0 Å². The Balaban J connectivity index is 2.92. The van der Waals surface area contributed by atoms with E-state index in [2.05, 4.69) is 5.32 Å². The van der Waals surface area contributed by atoms with Crippen molar-refractivity contribution in [3.8, 4) is 5.75 Å². The van der Waals surface area contributed by atoms with Crippen LogP contribution < -0.4 is 10.1 Å². The summed E-state index contributed by atoms with van der Waals surface area (Å²) in [4.78, 5) is 45.8. The molecule has 0 saturated heterocycles. The lowest BCUT2D eigenvalue weighted by molar-refractivity contribution is -0.137. The SMILES string of the molecule is COc1ccc(C(=O)C(CC(=O)NCC(=O)O)SC(C)=O)cc1F. The van der Waals surface area contributed by atoms with E-state index in [4.69, 9.17) is 9.84 Å². The largest absolute Gasteiger partial charge is 0.494 e. The van der Waals surface area contributed by atoms with Gasteiger partial charge in [0, 0.05) is 18.9 Å². The molecule has 9 heteroatoms. The molecule has 0 fully saturated rings. The van der Waals surface area contributed by atoms with Gasteiger partial charge in [0.05, 0.1) is 12.4 Å². The molecule has 0 aliphatic carbocycles. The van der Waals surface area contributed by atoms with Crippen LogP contribution in [0.2, 0.25) is 0 Å². The lowest BCUT2D eigenvalue weighted by Gasteiger charge is -2.14. The Bertz CT molecular complexity index is 663. The smallest absolute Gasteiger partial charge is 0.322 e. The molecule has 0 bridgehead atoms. The molecule has 0 radical (unpaired) electrons. The van der Waals surface area contributed by atoms with Crippen LogP contribution in [0.25, 0.3) is 0 Å². The summed E-state index contributed by atoms with van der Waals surface area (Å²) in [5.74, 6) is -3.32. The highest BCUT2D eigenvalue weighted by atomic mass is 32.2. The second-order valence-electron chi connectivity index (χ2n) is 4.69. The average molecular weight is 357 g/mol. The molecule has 1 atom stereocenters. The predicted molar refractivity (Wildman–Crippen MR) is 84.6 cm³/mol. The van der Waals surface area contributed by atoms with Crippen LogP contribution >= 0.6 is 11.8 Å². The second kappa shape index (κ2) is 9.02. The highest BCUT2D eigenvalue weighted by Crippen LogP contribution is 2.24. The number of rotatable bonds is 8. The number of methoxy groups -OCH3 is 1. The first-order valence-corrected chi connectivity index (χ1v) is 7.66. The van der Waals surface area contributed by atoms with Gasteiger partial charge < -0.3 is 15.2 Å². The Hall–Kier alpha value is -2.42. The summed E-state index contributed by atoms with van der Waals surface area (Å²) in [6.45, 7) is 0.635. The van der Waals surface area contributed by atoms with Gasteiger partial charge in [-0.1, -0.05) is 11.8 Å². The summed E-state index contributed by atoms with van der Waals surface area (Å²) < 4.78 is 18.5. The van der Waals surface area contributed by atoms with Crippen molar-refractivity contribution in [3.63, 3.8) is 0 Å². The van der Waals surface area contributed by atoms with Crippen molar-refractivity contribution < 1.29 is 33.4 Å². The molecule has 130 valence electrons. The highest BCUT2D eigenvalue weighted by Gasteiger charge is 2.26. The Morgan fingerprint density at radius 2 is 2.00 bits per heavy atom. The van der Waals surface area contributed by atoms with Crippen molar-refractivity contribution in [1.82, 2.24) is 5.32 Å². The van der Waals surface area contributed by atoms with Gasteiger partial charge in [-0.15, -0.1) is 0 Å². The van der Waals surface area contributed by atoms with Crippen molar-refractivity contribution >= 4 is 34.5 Å². The van der Waals surface area contributed by atoms with Crippen LogP contribution in [0.4, 0.5) is 4.39 Å². The number of halogens is 1. The first-order chi connectivity index (χ1) is 11.2. The molecule has 7 nitrogen and oxygen atoms in total. The number of carbonyl (C=O) groups excluding carboxylic acids is 3. The molecule has 2 N–H and O–H groups in total. The van der Waals surface area contributed by atoms with E-state index in [1.165, 1.54) is 26.2 Å². The number of carboxylic acids is 1. The van der Waals surface area contributed by atoms with Gasteiger partial charge in [-0.05, 0) is 18.2 Å². The normalized spacial score (nSPS) is 11.5. The van der Waals surface area contributed by atoms with Crippen molar-refractivity contribution in [2.75, 3.05) is 13.7 Å². The molecule has 1 unspecified atom stereocenters. The van der Waals surface area contributed by atoms with Crippen molar-refractivity contribution in [2.24, 2.45) is 0 Å². The van der Waals surface area contributed by atoms with Gasteiger partial charge in [0.25, 0.3) is 0 Å². The molecule has 1 aromatic rings. The van der Waals surface area contributed by atoms with Gasteiger partial charge in [0.15, 0.2) is 22.5 Å². The Labute approximate surface area is 141 Å². The van der Waals surface area contributed by atoms with Gasteiger partial charge in [-0.25, -0.2) is 4.39 Å². The molecule has 0 heterocycles. The van der Waals surface area contributed by atoms with E-state index in [1.807, 2.05) is 0 Å². The summed E-state index contributed by atoms with van der Waals surface area (Å²) in [5.41, 5.74) is -0.0157. The van der Waals surface area contributed by atoms with E-state index >= 15 is 0 Å². The van der Waals surface area contributed by atoms with Crippen molar-refractivity contribution in [2.45, 2.75) is 18.6 Å². The van der Waals surface area contributed by atoms with Crippen molar-refractivity contribution in [1.29, 1.82) is 0 Å². The molecular weight excluding hydrogens is 341 g/mol. The Morgan fingerprint density at radius 1 is 1.33 bits per heavy atom. The fourth-order valence-electron chi connectivity index (χ4n) is 1.81. The van der Waals surface area contributed by atoms with Crippen LogP contribution in [0.5, 0.6) is 5.75 Å². The fraction of sp³-hybridized carbons (Fsp3) is 0.333. The zero-order valence-electron chi connectivity index (χ0n) is 13.0. The molecular formula is C15H16FNO6S. The maximum absolute atomic E-state index is 13.7. The Morgan fingerprint density at radius 3 is 2.50 bits per heavy atom. The summed E-state index contributed by atoms with van der Waals surface area (Å²) in [7, 11) is 1.28. The van der Waals surface area contributed by atoms with Gasteiger partial charge in [-0.3, -0.25) is 19.2 Å². The standard InChI is InChI=1S/C15H16FNO6S/c1-8(18)24-12(6-13(19)17-7-14(20)21)15(22)9-3-4-11(23-2)10(16)5-9/h3-5,12H,6-7H2,1-2H3,(H,17,19)(H,20,21). The second-order valence-corrected chi connectivity index (χ2v) is 6.07. The number of carboxylic acid groups (broad SMARTS) is 1. The van der Waals surface area contributed by atoms with E-state index in [0.717, 1.165) is 6.07 Å². The van der Waals surface area contributed by atoms with E-state index < -0.39 is 46.8 Å². The van der Waals surface area contributed by atoms with Gasteiger partial charge in [0.1, 0.15) is 6.54 Å². The molecule has 0 aliphatic heterocycles. The van der Waals surface area contributed by atoms with Crippen LogP contribution in [-0.4, -0.2) is 46.8 Å². The molecule has 1 amide bonds. The number of amides is 1. The zero-order valence-corrected chi connectivity index (χ0v) is 13.8. The predicted octanol–water partition coefficient (Wildman–Crippen LogP) is 1.26. The van der Waals surface area contributed by atoms with Crippen LogP contribution in [0.15, 0.2) is 18.2 Å². The number of thioether (sulfide) groups is 1. The summed E-state index contributed by atoms with van der Waals surface area (Å²) in [6, 6.07) is 3.56. The zero-order chi connectivity index (χ0) is 18.3. The minimum absolute atomic E-state index is 0.0157. The number of Topliss-reactive ketones (excluding diaryl/α,β-unsaturated/α-hetero) is 1. The third kappa shape index (κ3) is 5.99. The summed E-state index contributed by atoms with van der Waals surface area (Å²) >= 11 is 0.630. The molecule has 24 heavy (non-hydrogen) atoms. The first-order valence-electron chi connectivity index (χ1n) is 6.78. The number of nitrogens with one attached hydrogen (secondary N) is 1. The third-order valence-corrected chi connectivity index (χ3v) is 3.84. The number of carbonyl (C=O) groups is 4. The van der Waals surface area contributed by atoms with Crippen LogP contribution in [-0.2, 0) is 14.4 Å².